The number of rotatable bonds is 13. The number of aliphatic hydroxyl groups excluding tert-OH is 1. The van der Waals surface area contributed by atoms with Crippen molar-refractivity contribution in [3.05, 3.63) is 64.1 Å². The molecule has 0 aliphatic carbocycles. The molecule has 2 atom stereocenters. The molecule has 3 aromatic heterocycles. The Morgan fingerprint density at radius 2 is 1.97 bits per heavy atom. The van der Waals surface area contributed by atoms with Crippen LogP contribution in [0.15, 0.2) is 48.8 Å². The molecule has 12 heteroatoms. The van der Waals surface area contributed by atoms with Crippen molar-refractivity contribution in [2.45, 2.75) is 38.9 Å². The van der Waals surface area contributed by atoms with Gasteiger partial charge in [0.25, 0.3) is 0 Å². The lowest BCUT2D eigenvalue weighted by atomic mass is 10.2. The fraction of sp³-hybridized carbons (Fsp3) is 0.348. The fourth-order valence-electron chi connectivity index (χ4n) is 3.56. The van der Waals surface area contributed by atoms with Crippen LogP contribution < -0.4 is 15.4 Å². The van der Waals surface area contributed by atoms with Crippen LogP contribution in [0.4, 0.5) is 11.8 Å². The number of anilines is 2. The maximum atomic E-state index is 10.7. The first-order valence-corrected chi connectivity index (χ1v) is 13.2. The van der Waals surface area contributed by atoms with Crippen molar-refractivity contribution in [1.82, 2.24) is 24.2 Å². The van der Waals surface area contributed by atoms with Gasteiger partial charge in [0.2, 0.25) is 5.95 Å². The van der Waals surface area contributed by atoms with Gasteiger partial charge in [0.1, 0.15) is 0 Å². The third-order valence-corrected chi connectivity index (χ3v) is 7.02. The molecule has 1 unspecified atom stereocenters. The van der Waals surface area contributed by atoms with Crippen LogP contribution in [0.3, 0.4) is 0 Å². The predicted molar refractivity (Wildman–Crippen MR) is 138 cm³/mol. The topological polar surface area (TPSA) is 140 Å². The number of hydrogen-bond acceptors (Lipinski definition) is 9. The highest BCUT2D eigenvalue weighted by Gasteiger charge is 2.16. The van der Waals surface area contributed by atoms with Gasteiger partial charge in [-0.3, -0.25) is 4.21 Å². The lowest BCUT2D eigenvalue weighted by Crippen LogP contribution is -2.24. The van der Waals surface area contributed by atoms with Gasteiger partial charge in [-0.2, -0.15) is 9.97 Å². The molecule has 0 saturated carbocycles. The number of aromatic nitrogens is 4. The second kappa shape index (κ2) is 12.2. The number of thiophene rings is 1. The molecule has 4 aromatic rings. The molecule has 1 aromatic carbocycles. The third kappa shape index (κ3) is 6.83. The quantitative estimate of drug-likeness (QED) is 0.200. The molecule has 0 radical (unpaired) electrons. The summed E-state index contributed by atoms with van der Waals surface area (Å²) >= 11 is -0.621. The molecule has 3 heterocycles. The Labute approximate surface area is 210 Å². The van der Waals surface area contributed by atoms with Gasteiger partial charge in [-0.25, -0.2) is 9.71 Å². The monoisotopic (exact) mass is 514 g/mol. The lowest BCUT2D eigenvalue weighted by molar-refractivity contribution is 0.271. The summed E-state index contributed by atoms with van der Waals surface area (Å²) in [5, 5.41) is 16.2. The fourth-order valence-corrected chi connectivity index (χ4v) is 4.84. The second-order valence-electron chi connectivity index (χ2n) is 7.96. The van der Waals surface area contributed by atoms with Gasteiger partial charge >= 0.3 is 0 Å². The van der Waals surface area contributed by atoms with E-state index in [4.69, 9.17) is 4.98 Å². The molecule has 0 amide bonds. The van der Waals surface area contributed by atoms with Gasteiger partial charge < -0.3 is 24.9 Å². The molecular weight excluding hydrogens is 486 g/mol. The van der Waals surface area contributed by atoms with Gasteiger partial charge in [0.15, 0.2) is 17.0 Å². The highest BCUT2D eigenvalue weighted by atomic mass is 32.2. The van der Waals surface area contributed by atoms with E-state index in [9.17, 15) is 13.9 Å². The summed E-state index contributed by atoms with van der Waals surface area (Å²) in [7, 11) is 0. The van der Waals surface area contributed by atoms with Gasteiger partial charge in [-0.1, -0.05) is 37.3 Å². The molecule has 4 rings (SSSR count). The zero-order valence-corrected chi connectivity index (χ0v) is 20.9. The average molecular weight is 515 g/mol. The molecule has 0 fully saturated rings. The summed E-state index contributed by atoms with van der Waals surface area (Å²) in [5.74, 6) is 1.05. The van der Waals surface area contributed by atoms with Crippen LogP contribution in [0.25, 0.3) is 11.2 Å². The summed E-state index contributed by atoms with van der Waals surface area (Å²) in [5.41, 5.74) is 2.48. The van der Waals surface area contributed by atoms with Crippen molar-refractivity contribution in [2.75, 3.05) is 23.8 Å². The molecular formula is C23H28N7O3S2-. The number of nitrogens with one attached hydrogen (secondary N) is 3. The average Bonchev–Trinajstić information content (AvgIpc) is 3.48. The Morgan fingerprint density at radius 3 is 2.71 bits per heavy atom. The van der Waals surface area contributed by atoms with E-state index in [0.717, 1.165) is 21.7 Å². The summed E-state index contributed by atoms with van der Waals surface area (Å²) in [6.45, 7) is 3.51. The smallest absolute Gasteiger partial charge is 0.227 e. The molecule has 0 aliphatic heterocycles. The van der Waals surface area contributed by atoms with Gasteiger partial charge in [0, 0.05) is 34.1 Å². The Balaban J connectivity index is 1.58. The van der Waals surface area contributed by atoms with Crippen molar-refractivity contribution in [3.8, 4) is 0 Å². The number of nitrogens with zero attached hydrogens (tertiary/aromatic N) is 4. The maximum absolute atomic E-state index is 10.7. The first-order chi connectivity index (χ1) is 17.1. The van der Waals surface area contributed by atoms with Gasteiger partial charge in [-0.05, 0) is 30.5 Å². The minimum Gasteiger partial charge on any atom is -0.760 e. The van der Waals surface area contributed by atoms with Crippen molar-refractivity contribution >= 4 is 45.5 Å². The highest BCUT2D eigenvalue weighted by Crippen LogP contribution is 2.25. The minimum absolute atomic E-state index is 0.0172. The highest BCUT2D eigenvalue weighted by molar-refractivity contribution is 7.77. The van der Waals surface area contributed by atoms with Crippen molar-refractivity contribution < 1.29 is 13.9 Å². The van der Waals surface area contributed by atoms with E-state index in [0.29, 0.717) is 49.0 Å². The minimum atomic E-state index is -2.25. The zero-order chi connectivity index (χ0) is 24.6. The van der Waals surface area contributed by atoms with E-state index in [1.165, 1.54) is 0 Å². The lowest BCUT2D eigenvalue weighted by Gasteiger charge is -2.15. The Morgan fingerprint density at radius 1 is 1.17 bits per heavy atom. The van der Waals surface area contributed by atoms with Crippen LogP contribution in [0.1, 0.15) is 28.7 Å². The van der Waals surface area contributed by atoms with E-state index in [1.807, 2.05) is 54.0 Å². The van der Waals surface area contributed by atoms with Crippen molar-refractivity contribution in [1.29, 1.82) is 0 Å². The standard InChI is InChI=1S/C23H29N7O3S2/c1-2-17(14-31)27-23-28-21(24-12-16-6-4-3-5-7-16)20-22(29-23)30(15-25-20)13-19-9-8-18(34-19)10-11-26-35(32)33/h3-9,15,17,26,31H,2,10-14H2,1H3,(H,32,33)(H2,24,27,28,29)/p-1/t17-/m1/s1. The van der Waals surface area contributed by atoms with Crippen LogP contribution in [0, 0.1) is 0 Å². The normalized spacial score (nSPS) is 13.1. The number of hydrogen-bond donors (Lipinski definition) is 4. The SMILES string of the molecule is CC[C@H](CO)Nc1nc(NCc2ccccc2)c2ncn(Cc3ccc(CCNS(=O)[O-])s3)c2n1. The summed E-state index contributed by atoms with van der Waals surface area (Å²) in [6.07, 6.45) is 3.12. The molecule has 4 N–H and O–H groups in total. The van der Waals surface area contributed by atoms with Crippen molar-refractivity contribution in [2.24, 2.45) is 0 Å². The molecule has 186 valence electrons. The number of benzene rings is 1. The van der Waals surface area contributed by atoms with E-state index in [1.54, 1.807) is 17.7 Å². The molecule has 0 aliphatic rings. The van der Waals surface area contributed by atoms with Crippen molar-refractivity contribution in [3.63, 3.8) is 0 Å². The molecule has 0 saturated heterocycles. The molecule has 0 bridgehead atoms. The van der Waals surface area contributed by atoms with Crippen LogP contribution in [0.2, 0.25) is 0 Å². The second-order valence-corrected chi connectivity index (χ2v) is 9.97. The largest absolute Gasteiger partial charge is 0.760 e. The van der Waals surface area contributed by atoms with E-state index in [2.05, 4.69) is 25.3 Å². The van der Waals surface area contributed by atoms with Gasteiger partial charge in [0.05, 0.1) is 25.5 Å². The Kier molecular flexibility index (Phi) is 8.77. The molecule has 35 heavy (non-hydrogen) atoms. The van der Waals surface area contributed by atoms with E-state index < -0.39 is 11.3 Å². The predicted octanol–water partition coefficient (Wildman–Crippen LogP) is 2.66. The zero-order valence-electron chi connectivity index (χ0n) is 19.3. The van der Waals surface area contributed by atoms with E-state index in [-0.39, 0.29) is 12.6 Å². The summed E-state index contributed by atoms with van der Waals surface area (Å²) in [6, 6.07) is 13.9. The Bertz CT molecular complexity index is 1260. The van der Waals surface area contributed by atoms with Crippen LogP contribution >= 0.6 is 11.3 Å². The third-order valence-electron chi connectivity index (χ3n) is 5.45. The first-order valence-electron chi connectivity index (χ1n) is 11.3. The maximum Gasteiger partial charge on any atom is 0.227 e. The van der Waals surface area contributed by atoms with Gasteiger partial charge in [-0.15, -0.1) is 11.3 Å². The Hall–Kier alpha value is -2.90. The molecule has 0 spiro atoms. The first kappa shape index (κ1) is 25.2. The van der Waals surface area contributed by atoms with Crippen LogP contribution in [-0.4, -0.2) is 52.6 Å². The number of imidazole rings is 1. The molecule has 10 nitrogen and oxygen atoms in total. The number of aliphatic hydroxyl groups is 1. The number of fused-ring (bicyclic) bond motifs is 1. The van der Waals surface area contributed by atoms with Crippen LogP contribution in [0.5, 0.6) is 0 Å². The van der Waals surface area contributed by atoms with Crippen LogP contribution in [-0.2, 0) is 30.8 Å². The van der Waals surface area contributed by atoms with E-state index >= 15 is 0 Å². The summed E-state index contributed by atoms with van der Waals surface area (Å²) < 4.78 is 25.7. The summed E-state index contributed by atoms with van der Waals surface area (Å²) in [4.78, 5) is 16.2.